The molecule has 0 unspecified atom stereocenters. The molecule has 1 amide bonds. The summed E-state index contributed by atoms with van der Waals surface area (Å²) in [6.07, 6.45) is 2.48. The predicted molar refractivity (Wildman–Crippen MR) is 62.7 cm³/mol. The maximum atomic E-state index is 11.6. The van der Waals surface area contributed by atoms with Crippen molar-refractivity contribution in [3.05, 3.63) is 12.7 Å². The van der Waals surface area contributed by atoms with Gasteiger partial charge in [0.1, 0.15) is 0 Å². The van der Waals surface area contributed by atoms with Gasteiger partial charge in [0.2, 0.25) is 5.91 Å². The number of carbonyl (C=O) groups excluding carboxylic acids is 1. The topological polar surface area (TPSA) is 23.6 Å². The summed E-state index contributed by atoms with van der Waals surface area (Å²) in [6, 6.07) is 0.853. The molecule has 0 aromatic carbocycles. The second-order valence-corrected chi connectivity index (χ2v) is 4.53. The lowest BCUT2D eigenvalue weighted by Crippen LogP contribution is -2.43. The summed E-state index contributed by atoms with van der Waals surface area (Å²) in [5.74, 6) is 0.0631. The molecule has 86 valence electrons. The van der Waals surface area contributed by atoms with Crippen molar-refractivity contribution < 1.29 is 4.79 Å². The number of amides is 1. The van der Waals surface area contributed by atoms with Crippen molar-refractivity contribution in [1.82, 2.24) is 9.80 Å². The molecule has 0 bridgehead atoms. The van der Waals surface area contributed by atoms with Crippen molar-refractivity contribution >= 4 is 5.91 Å². The van der Waals surface area contributed by atoms with Crippen LogP contribution in [0.25, 0.3) is 0 Å². The highest BCUT2D eigenvalue weighted by atomic mass is 16.2. The third-order valence-corrected chi connectivity index (χ3v) is 3.06. The Hall–Kier alpha value is -0.830. The summed E-state index contributed by atoms with van der Waals surface area (Å²) < 4.78 is 0. The minimum Gasteiger partial charge on any atom is -0.335 e. The van der Waals surface area contributed by atoms with Crippen LogP contribution in [0.15, 0.2) is 12.7 Å². The van der Waals surface area contributed by atoms with E-state index in [2.05, 4.69) is 32.3 Å². The average Bonchev–Trinajstić information content (AvgIpc) is 2.39. The Kier molecular flexibility index (Phi) is 4.33. The number of hydrogen-bond donors (Lipinski definition) is 0. The Labute approximate surface area is 92.7 Å². The predicted octanol–water partition coefficient (Wildman–Crippen LogP) is 1.50. The van der Waals surface area contributed by atoms with Crippen molar-refractivity contribution in [2.45, 2.75) is 39.3 Å². The van der Waals surface area contributed by atoms with E-state index in [1.54, 1.807) is 0 Å². The van der Waals surface area contributed by atoms with E-state index in [-0.39, 0.29) is 5.91 Å². The number of hydrogen-bond acceptors (Lipinski definition) is 2. The zero-order chi connectivity index (χ0) is 11.4. The molecule has 3 heteroatoms. The van der Waals surface area contributed by atoms with Gasteiger partial charge < -0.3 is 4.90 Å². The molecule has 1 aliphatic rings. The van der Waals surface area contributed by atoms with Crippen LogP contribution in [0, 0.1) is 0 Å². The minimum absolute atomic E-state index is 0.0631. The molecule has 1 fully saturated rings. The van der Waals surface area contributed by atoms with Crippen LogP contribution in [0.3, 0.4) is 0 Å². The zero-order valence-electron chi connectivity index (χ0n) is 10.1. The highest BCUT2D eigenvalue weighted by Gasteiger charge is 2.24. The van der Waals surface area contributed by atoms with E-state index < -0.39 is 0 Å². The van der Waals surface area contributed by atoms with Gasteiger partial charge in [0.05, 0.1) is 0 Å². The molecule has 15 heavy (non-hydrogen) atoms. The molecule has 1 atom stereocenters. The number of carbonyl (C=O) groups is 1. The molecule has 1 saturated heterocycles. The molecule has 0 saturated carbocycles. The Morgan fingerprint density at radius 2 is 2.13 bits per heavy atom. The summed E-state index contributed by atoms with van der Waals surface area (Å²) >= 11 is 0. The first-order valence-electron chi connectivity index (χ1n) is 5.73. The van der Waals surface area contributed by atoms with Gasteiger partial charge in [0.25, 0.3) is 0 Å². The van der Waals surface area contributed by atoms with Gasteiger partial charge >= 0.3 is 0 Å². The van der Waals surface area contributed by atoms with E-state index >= 15 is 0 Å². The summed E-state index contributed by atoms with van der Waals surface area (Å²) in [5.41, 5.74) is 0. The van der Waals surface area contributed by atoms with Crippen LogP contribution in [0.5, 0.6) is 0 Å². The molecular weight excluding hydrogens is 188 g/mol. The van der Waals surface area contributed by atoms with E-state index in [0.717, 1.165) is 26.1 Å². The van der Waals surface area contributed by atoms with Crippen LogP contribution >= 0.6 is 0 Å². The standard InChI is InChI=1S/C12H22N2O/c1-5-12(15)14-8-6-7-13(10(2)3)9-11(14)4/h5,10-11H,1,6-9H2,2-4H3/t11-/m1/s1. The molecule has 0 aromatic heterocycles. The van der Waals surface area contributed by atoms with Crippen LogP contribution in [0.2, 0.25) is 0 Å². The first-order valence-corrected chi connectivity index (χ1v) is 5.73. The van der Waals surface area contributed by atoms with Gasteiger partial charge in [-0.25, -0.2) is 0 Å². The average molecular weight is 210 g/mol. The Bertz CT molecular complexity index is 238. The fraction of sp³-hybridized carbons (Fsp3) is 0.750. The van der Waals surface area contributed by atoms with Crippen molar-refractivity contribution in [3.63, 3.8) is 0 Å². The monoisotopic (exact) mass is 210 g/mol. The van der Waals surface area contributed by atoms with Crippen LogP contribution in [-0.2, 0) is 4.79 Å². The van der Waals surface area contributed by atoms with Crippen molar-refractivity contribution in [3.8, 4) is 0 Å². The van der Waals surface area contributed by atoms with Crippen molar-refractivity contribution in [1.29, 1.82) is 0 Å². The third-order valence-electron chi connectivity index (χ3n) is 3.06. The highest BCUT2D eigenvalue weighted by Crippen LogP contribution is 2.12. The Morgan fingerprint density at radius 1 is 1.47 bits per heavy atom. The third kappa shape index (κ3) is 3.06. The van der Waals surface area contributed by atoms with Crippen LogP contribution in [0.1, 0.15) is 27.2 Å². The molecule has 0 radical (unpaired) electrons. The van der Waals surface area contributed by atoms with Crippen LogP contribution in [-0.4, -0.2) is 47.4 Å². The molecule has 1 heterocycles. The lowest BCUT2D eigenvalue weighted by atomic mass is 10.2. The maximum Gasteiger partial charge on any atom is 0.246 e. The second-order valence-electron chi connectivity index (χ2n) is 4.53. The first kappa shape index (κ1) is 12.2. The van der Waals surface area contributed by atoms with Gasteiger partial charge in [-0.3, -0.25) is 9.69 Å². The number of nitrogens with zero attached hydrogens (tertiary/aromatic N) is 2. The van der Waals surface area contributed by atoms with E-state index in [0.29, 0.717) is 12.1 Å². The number of rotatable bonds is 2. The van der Waals surface area contributed by atoms with Crippen LogP contribution < -0.4 is 0 Å². The molecular formula is C12H22N2O. The fourth-order valence-corrected chi connectivity index (χ4v) is 2.11. The SMILES string of the molecule is C=CC(=O)N1CCCN(C(C)C)C[C@H]1C. The highest BCUT2D eigenvalue weighted by molar-refractivity contribution is 5.87. The Balaban J connectivity index is 2.65. The normalized spacial score (nSPS) is 24.0. The summed E-state index contributed by atoms with van der Waals surface area (Å²) in [6.45, 7) is 13.0. The molecule has 3 nitrogen and oxygen atoms in total. The maximum absolute atomic E-state index is 11.6. The lowest BCUT2D eigenvalue weighted by molar-refractivity contribution is -0.127. The molecule has 0 aromatic rings. The Morgan fingerprint density at radius 3 is 2.67 bits per heavy atom. The lowest BCUT2D eigenvalue weighted by Gasteiger charge is -2.30. The summed E-state index contributed by atoms with van der Waals surface area (Å²) in [7, 11) is 0. The largest absolute Gasteiger partial charge is 0.335 e. The molecule has 0 N–H and O–H groups in total. The first-order chi connectivity index (χ1) is 7.06. The zero-order valence-corrected chi connectivity index (χ0v) is 10.1. The second kappa shape index (κ2) is 5.31. The van der Waals surface area contributed by atoms with Gasteiger partial charge in [-0.05, 0) is 33.3 Å². The van der Waals surface area contributed by atoms with E-state index in [4.69, 9.17) is 0 Å². The van der Waals surface area contributed by atoms with Gasteiger partial charge in [-0.15, -0.1) is 0 Å². The van der Waals surface area contributed by atoms with Gasteiger partial charge in [0, 0.05) is 31.7 Å². The smallest absolute Gasteiger partial charge is 0.246 e. The van der Waals surface area contributed by atoms with E-state index in [1.807, 2.05) is 4.90 Å². The molecule has 0 spiro atoms. The van der Waals surface area contributed by atoms with Gasteiger partial charge in [-0.1, -0.05) is 6.58 Å². The van der Waals surface area contributed by atoms with Gasteiger partial charge in [0.15, 0.2) is 0 Å². The van der Waals surface area contributed by atoms with E-state index in [1.165, 1.54) is 6.08 Å². The minimum atomic E-state index is 0.0631. The molecule has 0 aliphatic carbocycles. The molecule has 1 rings (SSSR count). The summed E-state index contributed by atoms with van der Waals surface area (Å²) in [5, 5.41) is 0. The van der Waals surface area contributed by atoms with Gasteiger partial charge in [-0.2, -0.15) is 0 Å². The summed E-state index contributed by atoms with van der Waals surface area (Å²) in [4.78, 5) is 16.0. The quantitative estimate of drug-likeness (QED) is 0.645. The van der Waals surface area contributed by atoms with Crippen molar-refractivity contribution in [2.24, 2.45) is 0 Å². The van der Waals surface area contributed by atoms with Crippen LogP contribution in [0.4, 0.5) is 0 Å². The molecule has 1 aliphatic heterocycles. The van der Waals surface area contributed by atoms with E-state index in [9.17, 15) is 4.79 Å². The van der Waals surface area contributed by atoms with Crippen molar-refractivity contribution in [2.75, 3.05) is 19.6 Å². The fourth-order valence-electron chi connectivity index (χ4n) is 2.11.